The summed E-state index contributed by atoms with van der Waals surface area (Å²) >= 11 is 1.35. The highest BCUT2D eigenvalue weighted by Gasteiger charge is 2.52. The van der Waals surface area contributed by atoms with E-state index in [4.69, 9.17) is 4.74 Å². The molecule has 0 aliphatic carbocycles. The normalized spacial score (nSPS) is 33.8. The first-order chi connectivity index (χ1) is 7.54. The molecule has 1 heterocycles. The molecule has 1 aromatic rings. The maximum Gasteiger partial charge on any atom is 0.325 e. The third kappa shape index (κ3) is 1.83. The highest BCUT2D eigenvalue weighted by atomic mass is 32.2. The number of hydrogen-bond acceptors (Lipinski definition) is 4. The van der Waals surface area contributed by atoms with Crippen molar-refractivity contribution in [3.63, 3.8) is 0 Å². The predicted molar refractivity (Wildman–Crippen MR) is 62.3 cm³/mol. The van der Waals surface area contributed by atoms with Crippen LogP contribution in [0.1, 0.15) is 13.8 Å². The van der Waals surface area contributed by atoms with Crippen LogP contribution in [0.25, 0.3) is 0 Å². The van der Waals surface area contributed by atoms with E-state index < -0.39 is 17.0 Å². The molecule has 1 aromatic carbocycles. The molecule has 1 aliphatic rings. The Morgan fingerprint density at radius 1 is 1.38 bits per heavy atom. The number of carbonyl (C=O) groups excluding carboxylic acids is 1. The summed E-state index contributed by atoms with van der Waals surface area (Å²) in [5.41, 5.74) is 0. The number of esters is 1. The van der Waals surface area contributed by atoms with Crippen LogP contribution in [0.4, 0.5) is 0 Å². The number of rotatable bonds is 2. The minimum Gasteiger partial charge on any atom is -0.459 e. The summed E-state index contributed by atoms with van der Waals surface area (Å²) in [6.45, 7) is 3.43. The lowest BCUT2D eigenvalue weighted by Crippen LogP contribution is -2.39. The quantitative estimate of drug-likeness (QED) is 0.799. The number of hydrogen-bond donors (Lipinski definition) is 1. The standard InChI is InChI=1S/C12H14O3S/c1-8-10(13)12(2,11(14)15-8)16-9-6-4-3-5-7-9/h3-8,10,13H,1-2H3/t8-,10+,12+/m0/s1. The Kier molecular flexibility index (Phi) is 2.95. The van der Waals surface area contributed by atoms with Gasteiger partial charge >= 0.3 is 5.97 Å². The number of benzene rings is 1. The number of aliphatic hydroxyl groups is 1. The van der Waals surface area contributed by atoms with Gasteiger partial charge in [-0.3, -0.25) is 4.79 Å². The van der Waals surface area contributed by atoms with Gasteiger partial charge in [-0.15, -0.1) is 11.8 Å². The molecule has 3 atom stereocenters. The van der Waals surface area contributed by atoms with E-state index in [0.29, 0.717) is 0 Å². The van der Waals surface area contributed by atoms with Gasteiger partial charge in [-0.05, 0) is 26.0 Å². The third-order valence-electron chi connectivity index (χ3n) is 2.78. The Morgan fingerprint density at radius 2 is 2.00 bits per heavy atom. The molecule has 0 spiro atoms. The van der Waals surface area contributed by atoms with Crippen molar-refractivity contribution in [2.24, 2.45) is 0 Å². The van der Waals surface area contributed by atoms with Gasteiger partial charge in [-0.2, -0.15) is 0 Å². The minimum absolute atomic E-state index is 0.346. The van der Waals surface area contributed by atoms with E-state index in [2.05, 4.69) is 0 Å². The first kappa shape index (κ1) is 11.5. The Hall–Kier alpha value is -1.00. The lowest BCUT2D eigenvalue weighted by molar-refractivity contribution is -0.142. The van der Waals surface area contributed by atoms with Crippen molar-refractivity contribution >= 4 is 17.7 Å². The summed E-state index contributed by atoms with van der Waals surface area (Å²) in [6, 6.07) is 9.56. The lowest BCUT2D eigenvalue weighted by atomic mass is 10.0. The van der Waals surface area contributed by atoms with Crippen LogP contribution < -0.4 is 0 Å². The van der Waals surface area contributed by atoms with Crippen molar-refractivity contribution in [3.8, 4) is 0 Å². The molecule has 3 nitrogen and oxygen atoms in total. The SMILES string of the molecule is C[C@@H]1OC(=O)[C@](C)(Sc2ccccc2)[C@@H]1O. The first-order valence-electron chi connectivity index (χ1n) is 5.17. The number of aliphatic hydroxyl groups excluding tert-OH is 1. The number of ether oxygens (including phenoxy) is 1. The van der Waals surface area contributed by atoms with E-state index >= 15 is 0 Å². The van der Waals surface area contributed by atoms with Gasteiger partial charge in [0.15, 0.2) is 0 Å². The highest BCUT2D eigenvalue weighted by Crippen LogP contribution is 2.42. The van der Waals surface area contributed by atoms with E-state index in [9.17, 15) is 9.90 Å². The van der Waals surface area contributed by atoms with Crippen LogP contribution in [-0.2, 0) is 9.53 Å². The molecule has 16 heavy (non-hydrogen) atoms. The summed E-state index contributed by atoms with van der Waals surface area (Å²) in [5, 5.41) is 9.98. The van der Waals surface area contributed by atoms with E-state index in [-0.39, 0.29) is 5.97 Å². The second kappa shape index (κ2) is 4.11. The van der Waals surface area contributed by atoms with Crippen LogP contribution in [0.3, 0.4) is 0 Å². The Morgan fingerprint density at radius 3 is 2.50 bits per heavy atom. The summed E-state index contributed by atoms with van der Waals surface area (Å²) in [6.07, 6.45) is -1.21. The average molecular weight is 238 g/mol. The van der Waals surface area contributed by atoms with Gasteiger partial charge in [0.1, 0.15) is 17.0 Å². The molecule has 1 aliphatic heterocycles. The zero-order valence-corrected chi connectivity index (χ0v) is 10.0. The number of cyclic esters (lactones) is 1. The molecule has 1 saturated heterocycles. The largest absolute Gasteiger partial charge is 0.459 e. The number of carbonyl (C=O) groups is 1. The van der Waals surface area contributed by atoms with Gasteiger partial charge in [0.2, 0.25) is 0 Å². The highest BCUT2D eigenvalue weighted by molar-refractivity contribution is 8.01. The van der Waals surface area contributed by atoms with Crippen LogP contribution in [0.2, 0.25) is 0 Å². The van der Waals surface area contributed by atoms with Gasteiger partial charge in [0.25, 0.3) is 0 Å². The van der Waals surface area contributed by atoms with Crippen molar-refractivity contribution in [1.29, 1.82) is 0 Å². The molecular weight excluding hydrogens is 224 g/mol. The van der Waals surface area contributed by atoms with E-state index in [0.717, 1.165) is 4.90 Å². The smallest absolute Gasteiger partial charge is 0.325 e. The second-order valence-corrected chi connectivity index (χ2v) is 5.60. The molecule has 0 radical (unpaired) electrons. The minimum atomic E-state index is -0.902. The maximum absolute atomic E-state index is 11.7. The monoisotopic (exact) mass is 238 g/mol. The van der Waals surface area contributed by atoms with E-state index in [1.807, 2.05) is 30.3 Å². The van der Waals surface area contributed by atoms with Gasteiger partial charge < -0.3 is 9.84 Å². The predicted octanol–water partition coefficient (Wildman–Crippen LogP) is 1.84. The molecule has 4 heteroatoms. The maximum atomic E-state index is 11.7. The van der Waals surface area contributed by atoms with Crippen LogP contribution >= 0.6 is 11.8 Å². The zero-order valence-electron chi connectivity index (χ0n) is 9.21. The molecule has 0 amide bonds. The fourth-order valence-corrected chi connectivity index (χ4v) is 2.98. The van der Waals surface area contributed by atoms with Gasteiger partial charge in [0, 0.05) is 4.90 Å². The number of thioether (sulfide) groups is 1. The van der Waals surface area contributed by atoms with Crippen molar-refractivity contribution in [1.82, 2.24) is 0 Å². The lowest BCUT2D eigenvalue weighted by Gasteiger charge is -2.23. The van der Waals surface area contributed by atoms with Crippen LogP contribution in [-0.4, -0.2) is 28.0 Å². The molecule has 1 fully saturated rings. The average Bonchev–Trinajstić information content (AvgIpc) is 2.45. The molecule has 0 bridgehead atoms. The van der Waals surface area contributed by atoms with Crippen LogP contribution in [0.15, 0.2) is 35.2 Å². The fourth-order valence-electron chi connectivity index (χ4n) is 1.75. The van der Waals surface area contributed by atoms with Crippen LogP contribution in [0, 0.1) is 0 Å². The zero-order chi connectivity index (χ0) is 11.8. The third-order valence-corrected chi connectivity index (χ3v) is 4.12. The van der Waals surface area contributed by atoms with Crippen molar-refractivity contribution in [3.05, 3.63) is 30.3 Å². The second-order valence-electron chi connectivity index (χ2n) is 4.08. The molecule has 1 N–H and O–H groups in total. The van der Waals surface area contributed by atoms with Gasteiger partial charge in [-0.25, -0.2) is 0 Å². The summed E-state index contributed by atoms with van der Waals surface area (Å²) < 4.78 is 4.15. The van der Waals surface area contributed by atoms with Crippen LogP contribution in [0.5, 0.6) is 0 Å². The topological polar surface area (TPSA) is 46.5 Å². The molecular formula is C12H14O3S. The Bertz CT molecular complexity index is 393. The first-order valence-corrected chi connectivity index (χ1v) is 5.99. The van der Waals surface area contributed by atoms with Gasteiger partial charge in [-0.1, -0.05) is 18.2 Å². The Balaban J connectivity index is 2.23. The summed E-state index contributed by atoms with van der Waals surface area (Å²) in [4.78, 5) is 12.7. The van der Waals surface area contributed by atoms with Crippen molar-refractivity contribution in [2.75, 3.05) is 0 Å². The molecule has 0 aromatic heterocycles. The summed E-state index contributed by atoms with van der Waals surface area (Å²) in [7, 11) is 0. The van der Waals surface area contributed by atoms with Crippen molar-refractivity contribution < 1.29 is 14.6 Å². The van der Waals surface area contributed by atoms with Gasteiger partial charge in [0.05, 0.1) is 0 Å². The fraction of sp³-hybridized carbons (Fsp3) is 0.417. The molecule has 2 rings (SSSR count). The molecule has 0 unspecified atom stereocenters. The Labute approximate surface area is 98.8 Å². The van der Waals surface area contributed by atoms with Crippen molar-refractivity contribution in [2.45, 2.75) is 35.7 Å². The summed E-state index contributed by atoms with van der Waals surface area (Å²) in [5.74, 6) is -0.346. The molecule has 86 valence electrons. The van der Waals surface area contributed by atoms with E-state index in [1.54, 1.807) is 13.8 Å². The van der Waals surface area contributed by atoms with E-state index in [1.165, 1.54) is 11.8 Å². The molecule has 0 saturated carbocycles.